The minimum atomic E-state index is 0.367. The van der Waals surface area contributed by atoms with Crippen molar-refractivity contribution in [1.29, 1.82) is 0 Å². The van der Waals surface area contributed by atoms with Crippen molar-refractivity contribution < 1.29 is 4.74 Å². The molecule has 1 aliphatic rings. The molecule has 1 atom stereocenters. The van der Waals surface area contributed by atoms with Gasteiger partial charge in [-0.15, -0.1) is 0 Å². The second-order valence-electron chi connectivity index (χ2n) is 5.30. The molecule has 0 aliphatic carbocycles. The Kier molecular flexibility index (Phi) is 5.73. The maximum absolute atomic E-state index is 5.74. The van der Waals surface area contributed by atoms with Gasteiger partial charge in [-0.3, -0.25) is 4.90 Å². The zero-order valence-electron chi connectivity index (χ0n) is 12.9. The second kappa shape index (κ2) is 7.55. The van der Waals surface area contributed by atoms with Crippen LogP contribution in [0.5, 0.6) is 0 Å². The largest absolute Gasteiger partial charge is 0.377 e. The van der Waals surface area contributed by atoms with Crippen molar-refractivity contribution >= 4 is 5.82 Å². The number of ether oxygens (including phenoxy) is 1. The first-order chi connectivity index (χ1) is 9.71. The molecule has 0 saturated carbocycles. The SMILES string of the molecule is CCNc1cc(C)nc(CN2CCCC(OCC)C2)n1. The summed E-state index contributed by atoms with van der Waals surface area (Å²) in [6, 6.07) is 1.99. The Morgan fingerprint density at radius 3 is 3.00 bits per heavy atom. The molecular weight excluding hydrogens is 252 g/mol. The van der Waals surface area contributed by atoms with Crippen molar-refractivity contribution in [3.05, 3.63) is 17.6 Å². The number of nitrogens with zero attached hydrogens (tertiary/aromatic N) is 3. The third-order valence-corrected chi connectivity index (χ3v) is 3.49. The van der Waals surface area contributed by atoms with E-state index in [0.717, 1.165) is 50.1 Å². The van der Waals surface area contributed by atoms with Crippen LogP contribution in [0.3, 0.4) is 0 Å². The van der Waals surface area contributed by atoms with Gasteiger partial charge in [0, 0.05) is 31.5 Å². The van der Waals surface area contributed by atoms with E-state index in [1.165, 1.54) is 12.8 Å². The molecule has 1 unspecified atom stereocenters. The molecule has 1 saturated heterocycles. The Morgan fingerprint density at radius 2 is 2.25 bits per heavy atom. The lowest BCUT2D eigenvalue weighted by Gasteiger charge is -2.31. The normalized spacial score (nSPS) is 20.1. The van der Waals surface area contributed by atoms with E-state index in [1.54, 1.807) is 0 Å². The number of piperidine rings is 1. The van der Waals surface area contributed by atoms with Crippen LogP contribution in [-0.4, -0.2) is 47.2 Å². The summed E-state index contributed by atoms with van der Waals surface area (Å²) in [5.41, 5.74) is 1.02. The quantitative estimate of drug-likeness (QED) is 0.864. The highest BCUT2D eigenvalue weighted by atomic mass is 16.5. The van der Waals surface area contributed by atoms with Gasteiger partial charge in [0.2, 0.25) is 0 Å². The maximum atomic E-state index is 5.74. The van der Waals surface area contributed by atoms with E-state index >= 15 is 0 Å². The summed E-state index contributed by atoms with van der Waals surface area (Å²) in [6.45, 7) is 10.7. The lowest BCUT2D eigenvalue weighted by Crippen LogP contribution is -2.39. The Hall–Kier alpha value is -1.20. The van der Waals surface area contributed by atoms with Gasteiger partial charge in [-0.2, -0.15) is 0 Å². The summed E-state index contributed by atoms with van der Waals surface area (Å²) in [5, 5.41) is 3.26. The minimum Gasteiger partial charge on any atom is -0.377 e. The van der Waals surface area contributed by atoms with Crippen LogP contribution in [0.2, 0.25) is 0 Å². The lowest BCUT2D eigenvalue weighted by molar-refractivity contribution is 0.00297. The summed E-state index contributed by atoms with van der Waals surface area (Å²) in [4.78, 5) is 11.5. The number of rotatable bonds is 6. The first kappa shape index (κ1) is 15.2. The predicted octanol–water partition coefficient (Wildman–Crippen LogP) is 2.22. The lowest BCUT2D eigenvalue weighted by atomic mass is 10.1. The van der Waals surface area contributed by atoms with E-state index in [4.69, 9.17) is 4.74 Å². The monoisotopic (exact) mass is 278 g/mol. The van der Waals surface area contributed by atoms with E-state index < -0.39 is 0 Å². The summed E-state index contributed by atoms with van der Waals surface area (Å²) in [5.74, 6) is 1.83. The van der Waals surface area contributed by atoms with Gasteiger partial charge in [-0.25, -0.2) is 9.97 Å². The van der Waals surface area contributed by atoms with E-state index in [1.807, 2.05) is 13.0 Å². The molecule has 0 amide bonds. The molecule has 2 heterocycles. The maximum Gasteiger partial charge on any atom is 0.144 e. The molecule has 1 aromatic rings. The van der Waals surface area contributed by atoms with Gasteiger partial charge in [-0.05, 0) is 40.2 Å². The van der Waals surface area contributed by atoms with Gasteiger partial charge >= 0.3 is 0 Å². The minimum absolute atomic E-state index is 0.367. The molecule has 2 rings (SSSR count). The van der Waals surface area contributed by atoms with Crippen molar-refractivity contribution in [2.24, 2.45) is 0 Å². The van der Waals surface area contributed by atoms with Crippen molar-refractivity contribution in [2.45, 2.75) is 46.3 Å². The fraction of sp³-hybridized carbons (Fsp3) is 0.733. The Balaban J connectivity index is 1.98. The predicted molar refractivity (Wildman–Crippen MR) is 80.9 cm³/mol. The fourth-order valence-corrected chi connectivity index (χ4v) is 2.70. The molecule has 0 spiro atoms. The number of nitrogens with one attached hydrogen (secondary N) is 1. The highest BCUT2D eigenvalue weighted by Gasteiger charge is 2.20. The van der Waals surface area contributed by atoms with Gasteiger partial charge in [-0.1, -0.05) is 0 Å². The van der Waals surface area contributed by atoms with Crippen molar-refractivity contribution in [3.63, 3.8) is 0 Å². The Labute approximate surface area is 121 Å². The third kappa shape index (κ3) is 4.42. The number of hydrogen-bond acceptors (Lipinski definition) is 5. The summed E-state index contributed by atoms with van der Waals surface area (Å²) in [6.07, 6.45) is 2.73. The van der Waals surface area contributed by atoms with Gasteiger partial charge in [0.05, 0.1) is 12.6 Å². The molecule has 20 heavy (non-hydrogen) atoms. The number of aryl methyl sites for hydroxylation is 1. The van der Waals surface area contributed by atoms with Crippen LogP contribution in [0.1, 0.15) is 38.2 Å². The summed E-state index contributed by atoms with van der Waals surface area (Å²) >= 11 is 0. The first-order valence-electron chi connectivity index (χ1n) is 7.63. The van der Waals surface area contributed by atoms with Crippen LogP contribution in [0.25, 0.3) is 0 Å². The molecular formula is C15H26N4O. The third-order valence-electron chi connectivity index (χ3n) is 3.49. The molecule has 5 nitrogen and oxygen atoms in total. The van der Waals surface area contributed by atoms with Crippen molar-refractivity contribution in [3.8, 4) is 0 Å². The number of hydrogen-bond donors (Lipinski definition) is 1. The molecule has 0 bridgehead atoms. The average molecular weight is 278 g/mol. The second-order valence-corrected chi connectivity index (χ2v) is 5.30. The highest BCUT2D eigenvalue weighted by Crippen LogP contribution is 2.16. The van der Waals surface area contributed by atoms with Gasteiger partial charge in [0.1, 0.15) is 11.6 Å². The summed E-state index contributed by atoms with van der Waals surface area (Å²) in [7, 11) is 0. The Morgan fingerprint density at radius 1 is 1.40 bits per heavy atom. The highest BCUT2D eigenvalue weighted by molar-refractivity contribution is 5.35. The molecule has 1 aliphatic heterocycles. The Bertz CT molecular complexity index is 422. The van der Waals surface area contributed by atoms with Gasteiger partial charge in [0.25, 0.3) is 0 Å². The van der Waals surface area contributed by atoms with Crippen LogP contribution in [0.15, 0.2) is 6.07 Å². The molecule has 1 fully saturated rings. The molecule has 1 N–H and O–H groups in total. The fourth-order valence-electron chi connectivity index (χ4n) is 2.70. The number of anilines is 1. The summed E-state index contributed by atoms with van der Waals surface area (Å²) < 4.78 is 5.74. The van der Waals surface area contributed by atoms with Crippen molar-refractivity contribution in [1.82, 2.24) is 14.9 Å². The van der Waals surface area contributed by atoms with E-state index in [2.05, 4.69) is 34.0 Å². The number of likely N-dealkylation sites (tertiary alicyclic amines) is 1. The number of aromatic nitrogens is 2. The molecule has 0 radical (unpaired) electrons. The van der Waals surface area contributed by atoms with Crippen LogP contribution in [0.4, 0.5) is 5.82 Å². The van der Waals surface area contributed by atoms with Crippen LogP contribution in [-0.2, 0) is 11.3 Å². The van der Waals surface area contributed by atoms with Crippen LogP contribution >= 0.6 is 0 Å². The average Bonchev–Trinajstić information content (AvgIpc) is 2.39. The zero-order chi connectivity index (χ0) is 14.4. The smallest absolute Gasteiger partial charge is 0.144 e. The van der Waals surface area contributed by atoms with Crippen LogP contribution in [0, 0.1) is 6.92 Å². The van der Waals surface area contributed by atoms with E-state index in [0.29, 0.717) is 6.10 Å². The molecule has 1 aromatic heterocycles. The van der Waals surface area contributed by atoms with Crippen molar-refractivity contribution in [2.75, 3.05) is 31.6 Å². The first-order valence-corrected chi connectivity index (χ1v) is 7.63. The molecule has 0 aromatic carbocycles. The molecule has 112 valence electrons. The molecule has 5 heteroatoms. The van der Waals surface area contributed by atoms with Crippen LogP contribution < -0.4 is 5.32 Å². The van der Waals surface area contributed by atoms with E-state index in [-0.39, 0.29) is 0 Å². The zero-order valence-corrected chi connectivity index (χ0v) is 12.9. The standard InChI is InChI=1S/C15H26N4O/c1-4-16-14-9-12(3)17-15(18-14)11-19-8-6-7-13(10-19)20-5-2/h9,13H,4-8,10-11H2,1-3H3,(H,16,17,18). The van der Waals surface area contributed by atoms with Gasteiger partial charge in [0.15, 0.2) is 0 Å². The van der Waals surface area contributed by atoms with Gasteiger partial charge < -0.3 is 10.1 Å². The van der Waals surface area contributed by atoms with E-state index in [9.17, 15) is 0 Å². The topological polar surface area (TPSA) is 50.3 Å².